The van der Waals surface area contributed by atoms with E-state index in [4.69, 9.17) is 5.11 Å². The molecule has 0 saturated heterocycles. The Labute approximate surface area is 138 Å². The molecule has 0 fully saturated rings. The lowest BCUT2D eigenvalue weighted by Gasteiger charge is -2.01. The summed E-state index contributed by atoms with van der Waals surface area (Å²) in [5.74, 6) is 5.26. The third kappa shape index (κ3) is 5.64. The zero-order valence-electron chi connectivity index (χ0n) is 13.5. The second-order valence-corrected chi connectivity index (χ2v) is 5.64. The largest absolute Gasteiger partial charge is 0.478 e. The molecule has 2 aromatic rings. The number of aryl methyl sites for hydroxylation is 1. The molecule has 0 aliphatic rings. The summed E-state index contributed by atoms with van der Waals surface area (Å²) >= 11 is 0. The molecule has 0 heterocycles. The Kier molecular flexibility index (Phi) is 6.44. The standard InChI is InChI=1S/C21H22O2/c1-2-3-4-5-6-17-7-9-18(10-8-17)11-12-19-13-15-20(16-14-19)21(22)23/h7-10,13-16H,2-6H2,1H3,(H,22,23). The summed E-state index contributed by atoms with van der Waals surface area (Å²) in [6.45, 7) is 2.22. The molecule has 0 aliphatic heterocycles. The summed E-state index contributed by atoms with van der Waals surface area (Å²) in [4.78, 5) is 10.8. The van der Waals surface area contributed by atoms with Crippen LogP contribution in [0, 0.1) is 11.8 Å². The monoisotopic (exact) mass is 306 g/mol. The zero-order chi connectivity index (χ0) is 16.5. The Morgan fingerprint density at radius 3 is 1.96 bits per heavy atom. The van der Waals surface area contributed by atoms with Gasteiger partial charge in [-0.15, -0.1) is 0 Å². The minimum absolute atomic E-state index is 0.281. The lowest BCUT2D eigenvalue weighted by Crippen LogP contribution is -1.94. The number of aromatic carboxylic acids is 1. The van der Waals surface area contributed by atoms with E-state index < -0.39 is 5.97 Å². The van der Waals surface area contributed by atoms with Crippen LogP contribution < -0.4 is 0 Å². The maximum atomic E-state index is 10.8. The number of unbranched alkanes of at least 4 members (excludes halogenated alkanes) is 3. The third-order valence-corrected chi connectivity index (χ3v) is 3.76. The fraction of sp³-hybridized carbons (Fsp3) is 0.286. The van der Waals surface area contributed by atoms with Gasteiger partial charge in [-0.1, -0.05) is 50.2 Å². The van der Waals surface area contributed by atoms with E-state index in [1.807, 2.05) is 12.1 Å². The van der Waals surface area contributed by atoms with E-state index in [0.717, 1.165) is 17.5 Å². The van der Waals surface area contributed by atoms with E-state index in [1.165, 1.54) is 31.2 Å². The number of rotatable bonds is 6. The molecule has 0 aromatic heterocycles. The van der Waals surface area contributed by atoms with E-state index in [1.54, 1.807) is 24.3 Å². The maximum absolute atomic E-state index is 10.8. The number of benzene rings is 2. The smallest absolute Gasteiger partial charge is 0.335 e. The number of carboxylic acid groups (broad SMARTS) is 1. The predicted octanol–water partition coefficient (Wildman–Crippen LogP) is 4.91. The van der Waals surface area contributed by atoms with Crippen LogP contribution in [0.5, 0.6) is 0 Å². The third-order valence-electron chi connectivity index (χ3n) is 3.76. The minimum Gasteiger partial charge on any atom is -0.478 e. The van der Waals surface area contributed by atoms with Crippen LogP contribution in [-0.4, -0.2) is 11.1 Å². The van der Waals surface area contributed by atoms with Crippen molar-refractivity contribution >= 4 is 5.97 Å². The van der Waals surface area contributed by atoms with Crippen molar-refractivity contribution in [3.8, 4) is 11.8 Å². The van der Waals surface area contributed by atoms with Gasteiger partial charge < -0.3 is 5.11 Å². The summed E-state index contributed by atoms with van der Waals surface area (Å²) in [5, 5.41) is 8.86. The SMILES string of the molecule is CCCCCCc1ccc(C#Cc2ccc(C(=O)O)cc2)cc1. The van der Waals surface area contributed by atoms with Crippen LogP contribution in [0.3, 0.4) is 0 Å². The van der Waals surface area contributed by atoms with Crippen LogP contribution >= 0.6 is 0 Å². The van der Waals surface area contributed by atoms with Crippen molar-refractivity contribution in [1.29, 1.82) is 0 Å². The van der Waals surface area contributed by atoms with E-state index in [2.05, 4.69) is 30.9 Å². The van der Waals surface area contributed by atoms with Crippen molar-refractivity contribution in [3.63, 3.8) is 0 Å². The molecule has 118 valence electrons. The first-order valence-corrected chi connectivity index (χ1v) is 8.13. The molecule has 2 aromatic carbocycles. The fourth-order valence-electron chi connectivity index (χ4n) is 2.35. The van der Waals surface area contributed by atoms with Gasteiger partial charge >= 0.3 is 5.97 Å². The number of hydrogen-bond acceptors (Lipinski definition) is 1. The number of hydrogen-bond donors (Lipinski definition) is 1. The van der Waals surface area contributed by atoms with Crippen LogP contribution in [-0.2, 0) is 6.42 Å². The fourth-order valence-corrected chi connectivity index (χ4v) is 2.35. The molecule has 0 spiro atoms. The van der Waals surface area contributed by atoms with Crippen LogP contribution in [0.25, 0.3) is 0 Å². The summed E-state index contributed by atoms with van der Waals surface area (Å²) in [7, 11) is 0. The summed E-state index contributed by atoms with van der Waals surface area (Å²) < 4.78 is 0. The lowest BCUT2D eigenvalue weighted by atomic mass is 10.0. The molecule has 2 rings (SSSR count). The van der Waals surface area contributed by atoms with E-state index in [0.29, 0.717) is 0 Å². The Balaban J connectivity index is 1.94. The Morgan fingerprint density at radius 1 is 0.870 bits per heavy atom. The molecule has 0 atom stereocenters. The molecule has 0 amide bonds. The molecule has 0 bridgehead atoms. The molecular formula is C21H22O2. The summed E-state index contributed by atoms with van der Waals surface area (Å²) in [6.07, 6.45) is 6.25. The van der Waals surface area contributed by atoms with Crippen LogP contribution in [0.2, 0.25) is 0 Å². The van der Waals surface area contributed by atoms with Gasteiger partial charge in [0.1, 0.15) is 0 Å². The molecule has 0 aliphatic carbocycles. The number of carboxylic acids is 1. The van der Waals surface area contributed by atoms with Gasteiger partial charge in [-0.2, -0.15) is 0 Å². The maximum Gasteiger partial charge on any atom is 0.335 e. The molecule has 0 unspecified atom stereocenters. The molecule has 2 heteroatoms. The highest BCUT2D eigenvalue weighted by atomic mass is 16.4. The molecule has 1 N–H and O–H groups in total. The average Bonchev–Trinajstić information content (AvgIpc) is 2.58. The molecular weight excluding hydrogens is 284 g/mol. The highest BCUT2D eigenvalue weighted by Gasteiger charge is 2.00. The van der Waals surface area contributed by atoms with E-state index >= 15 is 0 Å². The van der Waals surface area contributed by atoms with Gasteiger partial charge in [0.15, 0.2) is 0 Å². The van der Waals surface area contributed by atoms with Crippen LogP contribution in [0.15, 0.2) is 48.5 Å². The topological polar surface area (TPSA) is 37.3 Å². The van der Waals surface area contributed by atoms with Gasteiger partial charge in [-0.25, -0.2) is 4.79 Å². The van der Waals surface area contributed by atoms with Crippen molar-refractivity contribution in [1.82, 2.24) is 0 Å². The second-order valence-electron chi connectivity index (χ2n) is 5.64. The Bertz CT molecular complexity index is 685. The summed E-state index contributed by atoms with van der Waals surface area (Å²) in [6, 6.07) is 15.0. The number of carbonyl (C=O) groups is 1. The van der Waals surface area contributed by atoms with Crippen molar-refractivity contribution in [2.24, 2.45) is 0 Å². The van der Waals surface area contributed by atoms with Crippen molar-refractivity contribution in [3.05, 3.63) is 70.8 Å². The van der Waals surface area contributed by atoms with E-state index in [9.17, 15) is 4.79 Å². The minimum atomic E-state index is -0.918. The van der Waals surface area contributed by atoms with Crippen molar-refractivity contribution in [2.45, 2.75) is 39.0 Å². The Morgan fingerprint density at radius 2 is 1.43 bits per heavy atom. The first kappa shape index (κ1) is 16.8. The van der Waals surface area contributed by atoms with E-state index in [-0.39, 0.29) is 5.56 Å². The van der Waals surface area contributed by atoms with Gasteiger partial charge in [0.2, 0.25) is 0 Å². The van der Waals surface area contributed by atoms with Gasteiger partial charge in [-0.05, 0) is 54.8 Å². The van der Waals surface area contributed by atoms with Gasteiger partial charge in [0.25, 0.3) is 0 Å². The van der Waals surface area contributed by atoms with Crippen LogP contribution in [0.1, 0.15) is 59.7 Å². The van der Waals surface area contributed by atoms with Gasteiger partial charge in [0.05, 0.1) is 5.56 Å². The average molecular weight is 306 g/mol. The predicted molar refractivity (Wildman–Crippen MR) is 93.7 cm³/mol. The lowest BCUT2D eigenvalue weighted by molar-refractivity contribution is 0.0697. The van der Waals surface area contributed by atoms with Crippen molar-refractivity contribution in [2.75, 3.05) is 0 Å². The molecule has 0 saturated carbocycles. The molecule has 0 radical (unpaired) electrons. The van der Waals surface area contributed by atoms with Crippen LogP contribution in [0.4, 0.5) is 0 Å². The molecule has 23 heavy (non-hydrogen) atoms. The van der Waals surface area contributed by atoms with Crippen molar-refractivity contribution < 1.29 is 9.90 Å². The Hall–Kier alpha value is -2.53. The first-order valence-electron chi connectivity index (χ1n) is 8.13. The second kappa shape index (κ2) is 8.80. The zero-order valence-corrected chi connectivity index (χ0v) is 13.5. The first-order chi connectivity index (χ1) is 11.2. The molecule has 2 nitrogen and oxygen atoms in total. The highest BCUT2D eigenvalue weighted by Crippen LogP contribution is 2.10. The van der Waals surface area contributed by atoms with Gasteiger partial charge in [-0.3, -0.25) is 0 Å². The quantitative estimate of drug-likeness (QED) is 0.608. The normalized spacial score (nSPS) is 9.96. The summed E-state index contributed by atoms with van der Waals surface area (Å²) in [5.41, 5.74) is 3.43. The highest BCUT2D eigenvalue weighted by molar-refractivity contribution is 5.87. The van der Waals surface area contributed by atoms with Gasteiger partial charge in [0, 0.05) is 11.1 Å².